The summed E-state index contributed by atoms with van der Waals surface area (Å²) in [4.78, 5) is 3.52. The molecule has 1 heterocycles. The van der Waals surface area contributed by atoms with Gasteiger partial charge < -0.3 is 9.84 Å². The Morgan fingerprint density at radius 2 is 2.45 bits per heavy atom. The van der Waals surface area contributed by atoms with Crippen molar-refractivity contribution in [2.24, 2.45) is 0 Å². The molecule has 0 aromatic rings. The van der Waals surface area contributed by atoms with Crippen molar-refractivity contribution in [3.63, 3.8) is 0 Å². The van der Waals surface area contributed by atoms with E-state index in [9.17, 15) is 5.11 Å². The summed E-state index contributed by atoms with van der Waals surface area (Å²) >= 11 is 0. The van der Waals surface area contributed by atoms with Crippen LogP contribution in [0.3, 0.4) is 0 Å². The van der Waals surface area contributed by atoms with Gasteiger partial charge in [0, 0.05) is 6.42 Å². The molecule has 0 amide bonds. The lowest BCUT2D eigenvalue weighted by Crippen LogP contribution is -2.39. The molecule has 3 atom stereocenters. The van der Waals surface area contributed by atoms with Gasteiger partial charge in [-0.15, -0.1) is 0 Å². The Balaban J connectivity index is 2.42. The first-order valence-electron chi connectivity index (χ1n) is 3.97. The highest BCUT2D eigenvalue weighted by atomic mass is 16.5. The Labute approximate surface area is 66.8 Å². The van der Waals surface area contributed by atoms with Crippen LogP contribution >= 0.6 is 0 Å². The number of nitrogens with zero attached hydrogens (tertiary/aromatic N) is 1. The van der Waals surface area contributed by atoms with Crippen LogP contribution in [0, 0.1) is 6.57 Å². The molecule has 0 aromatic carbocycles. The molecule has 1 N–H and O–H groups in total. The van der Waals surface area contributed by atoms with Gasteiger partial charge in [0.2, 0.25) is 0 Å². The third kappa shape index (κ3) is 1.92. The Kier molecular flexibility index (Phi) is 2.86. The van der Waals surface area contributed by atoms with E-state index < -0.39 is 6.10 Å². The standard InChI is InChI=1S/C8H14NO2/c1-3-6-4-8(10)7(9-2)5-11-6/h2,6-8,10H,3-5H2,1H3/q+1. The number of hydrogen-bond donors (Lipinski definition) is 1. The van der Waals surface area contributed by atoms with E-state index in [-0.39, 0.29) is 12.1 Å². The van der Waals surface area contributed by atoms with Gasteiger partial charge in [-0.3, -0.25) is 0 Å². The van der Waals surface area contributed by atoms with Gasteiger partial charge in [0.05, 0.1) is 6.10 Å². The SMILES string of the molecule is C#[N+]C1COC(CC)CC1O. The molecule has 0 aromatic heterocycles. The summed E-state index contributed by atoms with van der Waals surface area (Å²) in [5, 5.41) is 9.42. The van der Waals surface area contributed by atoms with Crippen LogP contribution in [-0.2, 0) is 4.74 Å². The van der Waals surface area contributed by atoms with Crippen LogP contribution in [-0.4, -0.2) is 30.0 Å². The first kappa shape index (κ1) is 8.51. The molecule has 3 heteroatoms. The summed E-state index contributed by atoms with van der Waals surface area (Å²) in [6, 6.07) is -0.224. The molecule has 1 aliphatic rings. The predicted octanol–water partition coefficient (Wildman–Crippen LogP) is 0.877. The minimum atomic E-state index is -0.418. The number of rotatable bonds is 1. The lowest BCUT2D eigenvalue weighted by atomic mass is 10.0. The van der Waals surface area contributed by atoms with E-state index >= 15 is 0 Å². The van der Waals surface area contributed by atoms with Crippen molar-refractivity contribution in [1.82, 2.24) is 0 Å². The summed E-state index contributed by atoms with van der Waals surface area (Å²) in [6.45, 7) is 7.56. The molecular weight excluding hydrogens is 142 g/mol. The zero-order valence-corrected chi connectivity index (χ0v) is 6.73. The van der Waals surface area contributed by atoms with Crippen LogP contribution in [0.1, 0.15) is 19.8 Å². The summed E-state index contributed by atoms with van der Waals surface area (Å²) in [5.74, 6) is 0. The van der Waals surface area contributed by atoms with Crippen LogP contribution in [0.2, 0.25) is 0 Å². The quantitative estimate of drug-likeness (QED) is 0.611. The molecule has 0 saturated carbocycles. The van der Waals surface area contributed by atoms with E-state index in [2.05, 4.69) is 4.85 Å². The maximum Gasteiger partial charge on any atom is 0.320 e. The highest BCUT2D eigenvalue weighted by molar-refractivity contribution is 4.92. The smallest absolute Gasteiger partial charge is 0.320 e. The van der Waals surface area contributed by atoms with Gasteiger partial charge in [-0.05, 0) is 6.42 Å². The largest absolute Gasteiger partial charge is 0.385 e. The molecule has 3 unspecified atom stereocenters. The van der Waals surface area contributed by atoms with E-state index in [0.717, 1.165) is 6.42 Å². The Morgan fingerprint density at radius 1 is 1.73 bits per heavy atom. The number of aliphatic hydroxyl groups excluding tert-OH is 1. The predicted molar refractivity (Wildman–Crippen MR) is 42.7 cm³/mol. The van der Waals surface area contributed by atoms with Crippen molar-refractivity contribution in [2.45, 2.75) is 38.0 Å². The average molecular weight is 156 g/mol. The van der Waals surface area contributed by atoms with E-state index in [1.165, 1.54) is 0 Å². The summed E-state index contributed by atoms with van der Waals surface area (Å²) < 4.78 is 5.37. The molecule has 62 valence electrons. The first-order valence-corrected chi connectivity index (χ1v) is 3.97. The second kappa shape index (κ2) is 3.70. The van der Waals surface area contributed by atoms with Gasteiger partial charge in [-0.1, -0.05) is 11.8 Å². The van der Waals surface area contributed by atoms with Gasteiger partial charge >= 0.3 is 6.04 Å². The molecular formula is C8H14NO2+. The van der Waals surface area contributed by atoms with Crippen molar-refractivity contribution >= 4 is 0 Å². The molecule has 3 nitrogen and oxygen atoms in total. The highest BCUT2D eigenvalue weighted by Crippen LogP contribution is 2.18. The van der Waals surface area contributed by atoms with Crippen molar-refractivity contribution in [2.75, 3.05) is 6.61 Å². The fourth-order valence-electron chi connectivity index (χ4n) is 1.27. The lowest BCUT2D eigenvalue weighted by molar-refractivity contribution is -0.0486. The normalized spacial score (nSPS) is 38.1. The minimum absolute atomic E-state index is 0.183. The van der Waals surface area contributed by atoms with E-state index in [4.69, 9.17) is 11.3 Å². The van der Waals surface area contributed by atoms with Gasteiger partial charge in [0.1, 0.15) is 12.7 Å². The van der Waals surface area contributed by atoms with Crippen molar-refractivity contribution in [3.8, 4) is 6.57 Å². The lowest BCUT2D eigenvalue weighted by Gasteiger charge is -2.24. The number of aliphatic hydroxyl groups is 1. The van der Waals surface area contributed by atoms with E-state index in [1.807, 2.05) is 6.92 Å². The molecule has 1 rings (SSSR count). The van der Waals surface area contributed by atoms with Crippen LogP contribution in [0.15, 0.2) is 0 Å². The van der Waals surface area contributed by atoms with Crippen LogP contribution in [0.4, 0.5) is 0 Å². The van der Waals surface area contributed by atoms with Gasteiger partial charge in [-0.2, -0.15) is 0 Å². The fourth-order valence-corrected chi connectivity index (χ4v) is 1.27. The maximum atomic E-state index is 9.42. The van der Waals surface area contributed by atoms with Gasteiger partial charge in [0.15, 0.2) is 0 Å². The Hall–Kier alpha value is -0.590. The van der Waals surface area contributed by atoms with Crippen LogP contribution < -0.4 is 0 Å². The number of ether oxygens (including phenoxy) is 1. The maximum absolute atomic E-state index is 9.42. The third-order valence-corrected chi connectivity index (χ3v) is 2.10. The van der Waals surface area contributed by atoms with E-state index in [0.29, 0.717) is 13.0 Å². The molecule has 1 fully saturated rings. The second-order valence-electron chi connectivity index (χ2n) is 2.88. The zero-order chi connectivity index (χ0) is 8.27. The monoisotopic (exact) mass is 156 g/mol. The molecule has 0 bridgehead atoms. The summed E-state index contributed by atoms with van der Waals surface area (Å²) in [5.41, 5.74) is 0. The molecule has 11 heavy (non-hydrogen) atoms. The summed E-state index contributed by atoms with van der Waals surface area (Å²) in [6.07, 6.45) is 1.36. The fraction of sp³-hybridized carbons (Fsp3) is 0.875. The third-order valence-electron chi connectivity index (χ3n) is 2.10. The molecule has 0 radical (unpaired) electrons. The van der Waals surface area contributed by atoms with E-state index in [1.54, 1.807) is 0 Å². The van der Waals surface area contributed by atoms with Gasteiger partial charge in [0.25, 0.3) is 6.57 Å². The summed E-state index contributed by atoms with van der Waals surface area (Å²) in [7, 11) is 0. The van der Waals surface area contributed by atoms with Crippen LogP contribution in [0.25, 0.3) is 4.85 Å². The van der Waals surface area contributed by atoms with Crippen LogP contribution in [0.5, 0.6) is 0 Å². The average Bonchev–Trinajstić information content (AvgIpc) is 2.04. The Morgan fingerprint density at radius 3 is 2.91 bits per heavy atom. The molecule has 0 spiro atoms. The molecule has 1 saturated heterocycles. The number of hydrogen-bond acceptors (Lipinski definition) is 2. The van der Waals surface area contributed by atoms with Crippen molar-refractivity contribution in [1.29, 1.82) is 0 Å². The highest BCUT2D eigenvalue weighted by Gasteiger charge is 2.35. The Bertz CT molecular complexity index is 164. The zero-order valence-electron chi connectivity index (χ0n) is 6.73. The topological polar surface area (TPSA) is 33.8 Å². The first-order chi connectivity index (χ1) is 5.27. The van der Waals surface area contributed by atoms with Crippen molar-refractivity contribution < 1.29 is 9.84 Å². The van der Waals surface area contributed by atoms with Gasteiger partial charge in [-0.25, -0.2) is 0 Å². The second-order valence-corrected chi connectivity index (χ2v) is 2.88. The minimum Gasteiger partial charge on any atom is -0.385 e. The molecule has 1 aliphatic heterocycles. The molecule has 0 aliphatic carbocycles. The van der Waals surface area contributed by atoms with Crippen molar-refractivity contribution in [3.05, 3.63) is 4.85 Å².